The van der Waals surface area contributed by atoms with Gasteiger partial charge >= 0.3 is 6.18 Å². The van der Waals surface area contributed by atoms with E-state index in [0.29, 0.717) is 16.6 Å². The summed E-state index contributed by atoms with van der Waals surface area (Å²) >= 11 is 0.861. The molecule has 0 spiro atoms. The second kappa shape index (κ2) is 5.49. The van der Waals surface area contributed by atoms with E-state index < -0.39 is 11.9 Å². The van der Waals surface area contributed by atoms with E-state index in [4.69, 9.17) is 0 Å². The molecule has 0 aliphatic carbocycles. The number of nitrogens with zero attached hydrogens (tertiary/aromatic N) is 1. The van der Waals surface area contributed by atoms with Gasteiger partial charge in [0, 0.05) is 16.8 Å². The fourth-order valence-electron chi connectivity index (χ4n) is 2.53. The van der Waals surface area contributed by atoms with Gasteiger partial charge in [0.2, 0.25) is 0 Å². The Morgan fingerprint density at radius 1 is 1.30 bits per heavy atom. The molecule has 0 fully saturated rings. The van der Waals surface area contributed by atoms with Crippen LogP contribution in [0.4, 0.5) is 13.2 Å². The number of nitrogens with one attached hydrogen (secondary N) is 1. The lowest BCUT2D eigenvalue weighted by Gasteiger charge is -2.09. The average Bonchev–Trinajstić information content (AvgIpc) is 2.98. The highest BCUT2D eigenvalue weighted by molar-refractivity contribution is 7.13. The summed E-state index contributed by atoms with van der Waals surface area (Å²) in [7, 11) is 0. The first-order valence-electron chi connectivity index (χ1n) is 7.00. The highest BCUT2D eigenvalue weighted by atomic mass is 32.1. The Kier molecular flexibility index (Phi) is 3.75. The minimum absolute atomic E-state index is 0.151. The summed E-state index contributed by atoms with van der Waals surface area (Å²) in [6.07, 6.45) is -3.68. The molecule has 0 atom stereocenters. The second-order valence-corrected chi connectivity index (χ2v) is 6.07. The molecule has 3 nitrogen and oxygen atoms in total. The molecule has 120 valence electrons. The molecule has 0 unspecified atom stereocenters. The zero-order valence-electron chi connectivity index (χ0n) is 12.4. The standard InChI is InChI=1S/C16H13F3N2OS/c1-3-9-4-5-10-12(22)6-11(20-14(10)8(9)2)15-21-13(7-23-15)16(17,18)19/h4-7H,3H2,1-2H3,(H,20,22). The van der Waals surface area contributed by atoms with Crippen molar-refractivity contribution in [2.75, 3.05) is 0 Å². The molecule has 0 bridgehead atoms. The highest BCUT2D eigenvalue weighted by Crippen LogP contribution is 2.33. The molecule has 7 heteroatoms. The lowest BCUT2D eigenvalue weighted by atomic mass is 10.0. The van der Waals surface area contributed by atoms with Crippen LogP contribution in [0.25, 0.3) is 21.6 Å². The summed E-state index contributed by atoms with van der Waals surface area (Å²) in [6.45, 7) is 3.90. The van der Waals surface area contributed by atoms with Gasteiger partial charge in [-0.05, 0) is 30.5 Å². The smallest absolute Gasteiger partial charge is 0.352 e. The predicted octanol–water partition coefficient (Wildman–Crippen LogP) is 4.54. The third kappa shape index (κ3) is 2.76. The maximum Gasteiger partial charge on any atom is 0.434 e. The maximum absolute atomic E-state index is 12.7. The van der Waals surface area contributed by atoms with Crippen molar-refractivity contribution in [2.45, 2.75) is 26.4 Å². The minimum atomic E-state index is -4.49. The Balaban J connectivity index is 2.21. The highest BCUT2D eigenvalue weighted by Gasteiger charge is 2.34. The van der Waals surface area contributed by atoms with Crippen LogP contribution in [0.15, 0.2) is 28.4 Å². The maximum atomic E-state index is 12.7. The number of aromatic nitrogens is 2. The molecule has 1 aromatic carbocycles. The summed E-state index contributed by atoms with van der Waals surface area (Å²) in [5.41, 5.74) is 1.78. The summed E-state index contributed by atoms with van der Waals surface area (Å²) in [5.74, 6) is 0. The van der Waals surface area contributed by atoms with Crippen molar-refractivity contribution < 1.29 is 13.2 Å². The fraction of sp³-hybridized carbons (Fsp3) is 0.250. The van der Waals surface area contributed by atoms with Gasteiger partial charge in [-0.3, -0.25) is 4.79 Å². The van der Waals surface area contributed by atoms with E-state index >= 15 is 0 Å². The van der Waals surface area contributed by atoms with Crippen molar-refractivity contribution in [3.63, 3.8) is 0 Å². The molecular formula is C16H13F3N2OS. The molecular weight excluding hydrogens is 325 g/mol. The third-order valence-corrected chi connectivity index (χ3v) is 4.66. The van der Waals surface area contributed by atoms with E-state index in [9.17, 15) is 18.0 Å². The Bertz CT molecular complexity index is 941. The van der Waals surface area contributed by atoms with Gasteiger partial charge in [0.25, 0.3) is 0 Å². The fourth-order valence-corrected chi connectivity index (χ4v) is 3.32. The summed E-state index contributed by atoms with van der Waals surface area (Å²) in [6, 6.07) is 4.94. The molecule has 3 rings (SSSR count). The zero-order chi connectivity index (χ0) is 16.8. The summed E-state index contributed by atoms with van der Waals surface area (Å²) in [4.78, 5) is 18.9. The number of rotatable bonds is 2. The van der Waals surface area contributed by atoms with Crippen molar-refractivity contribution in [1.82, 2.24) is 9.97 Å². The van der Waals surface area contributed by atoms with Crippen LogP contribution in [0, 0.1) is 6.92 Å². The van der Waals surface area contributed by atoms with Crippen molar-refractivity contribution in [1.29, 1.82) is 0 Å². The molecule has 0 amide bonds. The van der Waals surface area contributed by atoms with E-state index in [1.54, 1.807) is 6.07 Å². The van der Waals surface area contributed by atoms with E-state index in [1.165, 1.54) is 6.07 Å². The van der Waals surface area contributed by atoms with Crippen molar-refractivity contribution in [3.05, 3.63) is 50.6 Å². The SMILES string of the molecule is CCc1ccc2c(=O)cc(-c3nc(C(F)(F)F)cs3)[nH]c2c1C. The van der Waals surface area contributed by atoms with Crippen molar-refractivity contribution >= 4 is 22.2 Å². The van der Waals surface area contributed by atoms with Crippen LogP contribution in [0.1, 0.15) is 23.7 Å². The lowest BCUT2D eigenvalue weighted by molar-refractivity contribution is -0.140. The van der Waals surface area contributed by atoms with Gasteiger partial charge in [-0.15, -0.1) is 11.3 Å². The molecule has 0 saturated carbocycles. The Labute approximate surface area is 133 Å². The number of thiazole rings is 1. The molecule has 3 aromatic rings. The average molecular weight is 338 g/mol. The van der Waals surface area contributed by atoms with Crippen LogP contribution in [0.3, 0.4) is 0 Å². The van der Waals surface area contributed by atoms with E-state index in [2.05, 4.69) is 9.97 Å². The molecule has 2 aromatic heterocycles. The Morgan fingerprint density at radius 2 is 2.04 bits per heavy atom. The first kappa shape index (κ1) is 15.7. The number of alkyl halides is 3. The number of H-pyrrole nitrogens is 1. The molecule has 0 aliphatic heterocycles. The van der Waals surface area contributed by atoms with Crippen LogP contribution >= 0.6 is 11.3 Å². The monoisotopic (exact) mass is 338 g/mol. The summed E-state index contributed by atoms with van der Waals surface area (Å²) in [5, 5.41) is 1.63. The van der Waals surface area contributed by atoms with Gasteiger partial charge in [0.1, 0.15) is 5.01 Å². The topological polar surface area (TPSA) is 45.8 Å². The number of hydrogen-bond donors (Lipinski definition) is 1. The quantitative estimate of drug-likeness (QED) is 0.745. The number of fused-ring (bicyclic) bond motifs is 1. The van der Waals surface area contributed by atoms with Crippen LogP contribution in [0.5, 0.6) is 0 Å². The largest absolute Gasteiger partial charge is 0.434 e. The van der Waals surface area contributed by atoms with Gasteiger partial charge in [-0.2, -0.15) is 13.2 Å². The first-order valence-corrected chi connectivity index (χ1v) is 7.88. The molecule has 2 heterocycles. The van der Waals surface area contributed by atoms with Gasteiger partial charge in [0.15, 0.2) is 11.1 Å². The molecule has 0 saturated heterocycles. The Hall–Kier alpha value is -2.15. The third-order valence-electron chi connectivity index (χ3n) is 3.78. The molecule has 0 aliphatic rings. The van der Waals surface area contributed by atoms with E-state index in [-0.39, 0.29) is 10.4 Å². The van der Waals surface area contributed by atoms with Crippen LogP contribution in [0.2, 0.25) is 0 Å². The first-order chi connectivity index (χ1) is 10.8. The second-order valence-electron chi connectivity index (χ2n) is 5.21. The number of halogens is 3. The molecule has 1 N–H and O–H groups in total. The number of pyridine rings is 1. The minimum Gasteiger partial charge on any atom is -0.352 e. The molecule has 0 radical (unpaired) electrons. The van der Waals surface area contributed by atoms with Crippen molar-refractivity contribution in [3.8, 4) is 10.7 Å². The lowest BCUT2D eigenvalue weighted by Crippen LogP contribution is -2.07. The molecule has 23 heavy (non-hydrogen) atoms. The van der Waals surface area contributed by atoms with Gasteiger partial charge < -0.3 is 4.98 Å². The van der Waals surface area contributed by atoms with Crippen molar-refractivity contribution in [2.24, 2.45) is 0 Å². The van der Waals surface area contributed by atoms with Crippen LogP contribution in [-0.4, -0.2) is 9.97 Å². The summed E-state index contributed by atoms with van der Waals surface area (Å²) < 4.78 is 38.1. The van der Waals surface area contributed by atoms with Crippen LogP contribution in [-0.2, 0) is 12.6 Å². The zero-order valence-corrected chi connectivity index (χ0v) is 13.2. The van der Waals surface area contributed by atoms with E-state index in [1.807, 2.05) is 19.9 Å². The van der Waals surface area contributed by atoms with Crippen LogP contribution < -0.4 is 5.43 Å². The van der Waals surface area contributed by atoms with Gasteiger partial charge in [0.05, 0.1) is 11.2 Å². The predicted molar refractivity (Wildman–Crippen MR) is 84.8 cm³/mol. The normalized spacial score (nSPS) is 12.0. The number of hydrogen-bond acceptors (Lipinski definition) is 3. The number of aromatic amines is 1. The van der Waals surface area contributed by atoms with E-state index in [0.717, 1.165) is 34.3 Å². The number of aryl methyl sites for hydroxylation is 2. The van der Waals surface area contributed by atoms with Gasteiger partial charge in [-0.1, -0.05) is 13.0 Å². The Morgan fingerprint density at radius 3 is 2.65 bits per heavy atom. The van der Waals surface area contributed by atoms with Gasteiger partial charge in [-0.25, -0.2) is 4.98 Å². The number of benzene rings is 1.